The van der Waals surface area contributed by atoms with E-state index in [1.807, 2.05) is 0 Å². The molecule has 2 rings (SSSR count). The summed E-state index contributed by atoms with van der Waals surface area (Å²) in [7, 11) is 0. The second kappa shape index (κ2) is 6.33. The van der Waals surface area contributed by atoms with Gasteiger partial charge in [-0.25, -0.2) is 9.97 Å². The van der Waals surface area contributed by atoms with E-state index < -0.39 is 0 Å². The first-order valence-corrected chi connectivity index (χ1v) is 6.44. The van der Waals surface area contributed by atoms with Gasteiger partial charge in [0, 0.05) is 25.4 Å². The molecule has 104 valence electrons. The Morgan fingerprint density at radius 1 is 1.53 bits per heavy atom. The first-order chi connectivity index (χ1) is 9.26. The number of aliphatic hydroxyl groups excluding tert-OH is 1. The van der Waals surface area contributed by atoms with E-state index in [-0.39, 0.29) is 18.5 Å². The van der Waals surface area contributed by atoms with Crippen molar-refractivity contribution in [2.75, 3.05) is 18.1 Å². The van der Waals surface area contributed by atoms with Gasteiger partial charge in [0.05, 0.1) is 0 Å². The maximum atomic E-state index is 9.12. The summed E-state index contributed by atoms with van der Waals surface area (Å²) >= 11 is 0. The van der Waals surface area contributed by atoms with Crippen molar-refractivity contribution >= 4 is 11.8 Å². The molecule has 0 bridgehead atoms. The van der Waals surface area contributed by atoms with Gasteiger partial charge in [0.1, 0.15) is 5.69 Å². The summed E-state index contributed by atoms with van der Waals surface area (Å²) in [5.41, 5.74) is 5.94. The Bertz CT molecular complexity index is 450. The van der Waals surface area contributed by atoms with Gasteiger partial charge in [-0.05, 0) is 31.7 Å². The number of oxime groups is 1. The summed E-state index contributed by atoms with van der Waals surface area (Å²) in [4.78, 5) is 10.7. The number of amidine groups is 1. The van der Waals surface area contributed by atoms with Crippen LogP contribution in [-0.4, -0.2) is 45.3 Å². The van der Waals surface area contributed by atoms with Gasteiger partial charge in [0.2, 0.25) is 5.95 Å². The normalized spacial score (nSPS) is 20.6. The van der Waals surface area contributed by atoms with Crippen LogP contribution in [-0.2, 0) is 0 Å². The van der Waals surface area contributed by atoms with Gasteiger partial charge in [-0.1, -0.05) is 5.16 Å². The van der Waals surface area contributed by atoms with Crippen LogP contribution in [0, 0.1) is 0 Å². The molecular weight excluding hydrogens is 246 g/mol. The van der Waals surface area contributed by atoms with Crippen LogP contribution in [0.4, 0.5) is 5.95 Å². The van der Waals surface area contributed by atoms with Crippen LogP contribution < -0.4 is 10.6 Å². The van der Waals surface area contributed by atoms with Gasteiger partial charge >= 0.3 is 0 Å². The highest BCUT2D eigenvalue weighted by atomic mass is 16.4. The number of aliphatic hydroxyl groups is 1. The second-order valence-corrected chi connectivity index (χ2v) is 4.58. The molecule has 0 saturated carbocycles. The molecule has 1 aliphatic heterocycles. The highest BCUT2D eigenvalue weighted by Gasteiger charge is 2.24. The predicted octanol–water partition coefficient (Wildman–Crippen LogP) is 0.312. The van der Waals surface area contributed by atoms with E-state index in [2.05, 4.69) is 20.0 Å². The van der Waals surface area contributed by atoms with Crippen molar-refractivity contribution in [2.45, 2.75) is 31.7 Å². The van der Waals surface area contributed by atoms with Gasteiger partial charge in [0.25, 0.3) is 0 Å². The molecule has 4 N–H and O–H groups in total. The molecule has 1 fully saturated rings. The van der Waals surface area contributed by atoms with E-state index in [1.165, 1.54) is 0 Å². The van der Waals surface area contributed by atoms with E-state index in [0.29, 0.717) is 18.1 Å². The monoisotopic (exact) mass is 265 g/mol. The zero-order valence-electron chi connectivity index (χ0n) is 10.7. The molecule has 1 unspecified atom stereocenters. The third kappa shape index (κ3) is 3.11. The third-order valence-corrected chi connectivity index (χ3v) is 3.36. The van der Waals surface area contributed by atoms with E-state index >= 15 is 0 Å². The predicted molar refractivity (Wildman–Crippen MR) is 71.2 cm³/mol. The van der Waals surface area contributed by atoms with Crippen LogP contribution in [0.3, 0.4) is 0 Å². The van der Waals surface area contributed by atoms with Crippen molar-refractivity contribution in [2.24, 2.45) is 10.9 Å². The summed E-state index contributed by atoms with van der Waals surface area (Å²) in [6.07, 6.45) is 5.56. The van der Waals surface area contributed by atoms with Crippen molar-refractivity contribution in [3.63, 3.8) is 0 Å². The Morgan fingerprint density at radius 2 is 2.37 bits per heavy atom. The smallest absolute Gasteiger partial charge is 0.226 e. The van der Waals surface area contributed by atoms with Gasteiger partial charge in [0.15, 0.2) is 5.84 Å². The van der Waals surface area contributed by atoms with Gasteiger partial charge in [-0.15, -0.1) is 0 Å². The van der Waals surface area contributed by atoms with Crippen LogP contribution in [0.5, 0.6) is 0 Å². The van der Waals surface area contributed by atoms with Gasteiger partial charge in [-0.3, -0.25) is 0 Å². The molecule has 19 heavy (non-hydrogen) atoms. The molecule has 1 atom stereocenters. The number of piperidine rings is 1. The topological polar surface area (TPSA) is 108 Å². The minimum Gasteiger partial charge on any atom is -0.409 e. The molecule has 0 amide bonds. The number of hydrogen-bond donors (Lipinski definition) is 3. The van der Waals surface area contributed by atoms with E-state index in [9.17, 15) is 0 Å². The SMILES string of the molecule is N/C(=N/O)c1ccnc(N2CCCCC2CCO)n1. The van der Waals surface area contributed by atoms with E-state index in [1.54, 1.807) is 12.3 Å². The molecule has 1 aromatic heterocycles. The summed E-state index contributed by atoms with van der Waals surface area (Å²) < 4.78 is 0. The lowest BCUT2D eigenvalue weighted by Gasteiger charge is -2.35. The molecule has 1 saturated heterocycles. The molecule has 0 aromatic carbocycles. The summed E-state index contributed by atoms with van der Waals surface area (Å²) in [6.45, 7) is 1.02. The fourth-order valence-electron chi connectivity index (χ4n) is 2.39. The van der Waals surface area contributed by atoms with Crippen molar-refractivity contribution in [1.29, 1.82) is 0 Å². The number of aromatic nitrogens is 2. The fourth-order valence-corrected chi connectivity index (χ4v) is 2.39. The van der Waals surface area contributed by atoms with Crippen LogP contribution in [0.1, 0.15) is 31.4 Å². The van der Waals surface area contributed by atoms with E-state index in [0.717, 1.165) is 25.8 Å². The number of anilines is 1. The molecule has 1 aliphatic rings. The number of hydrogen-bond acceptors (Lipinski definition) is 6. The number of nitrogens with zero attached hydrogens (tertiary/aromatic N) is 4. The van der Waals surface area contributed by atoms with Crippen LogP contribution in [0.2, 0.25) is 0 Å². The quantitative estimate of drug-likeness (QED) is 0.313. The van der Waals surface area contributed by atoms with Crippen molar-refractivity contribution in [1.82, 2.24) is 9.97 Å². The molecular formula is C12H19N5O2. The first kappa shape index (κ1) is 13.5. The van der Waals surface area contributed by atoms with E-state index in [4.69, 9.17) is 16.0 Å². The zero-order valence-corrected chi connectivity index (χ0v) is 10.7. The standard InChI is InChI=1S/C12H19N5O2/c13-11(16-19)10-4-6-14-12(15-10)17-7-2-1-3-9(17)5-8-18/h4,6,9,18-19H,1-3,5,7-8H2,(H2,13,16). The lowest BCUT2D eigenvalue weighted by molar-refractivity contribution is 0.261. The molecule has 7 nitrogen and oxygen atoms in total. The molecule has 7 heteroatoms. The third-order valence-electron chi connectivity index (χ3n) is 3.36. The minimum atomic E-state index is -0.0284. The van der Waals surface area contributed by atoms with Gasteiger partial charge < -0.3 is 20.9 Å². The van der Waals surface area contributed by atoms with Crippen LogP contribution >= 0.6 is 0 Å². The molecule has 0 radical (unpaired) electrons. The number of nitrogens with two attached hydrogens (primary N) is 1. The zero-order chi connectivity index (χ0) is 13.7. The van der Waals surface area contributed by atoms with Crippen LogP contribution in [0.15, 0.2) is 17.4 Å². The summed E-state index contributed by atoms with van der Waals surface area (Å²) in [6, 6.07) is 1.85. The number of rotatable bonds is 4. The maximum absolute atomic E-state index is 9.12. The lowest BCUT2D eigenvalue weighted by Crippen LogP contribution is -2.41. The summed E-state index contributed by atoms with van der Waals surface area (Å²) in [5, 5.41) is 20.8. The molecule has 2 heterocycles. The average molecular weight is 265 g/mol. The molecule has 0 spiro atoms. The maximum Gasteiger partial charge on any atom is 0.226 e. The van der Waals surface area contributed by atoms with Crippen molar-refractivity contribution < 1.29 is 10.3 Å². The molecule has 1 aromatic rings. The Morgan fingerprint density at radius 3 is 3.11 bits per heavy atom. The van der Waals surface area contributed by atoms with Crippen LogP contribution in [0.25, 0.3) is 0 Å². The van der Waals surface area contributed by atoms with Crippen molar-refractivity contribution in [3.05, 3.63) is 18.0 Å². The van der Waals surface area contributed by atoms with Gasteiger partial charge in [-0.2, -0.15) is 0 Å². The van der Waals surface area contributed by atoms with Crippen molar-refractivity contribution in [3.8, 4) is 0 Å². The fraction of sp³-hybridized carbons (Fsp3) is 0.583. The Kier molecular flexibility index (Phi) is 4.51. The Balaban J connectivity index is 2.23. The highest BCUT2D eigenvalue weighted by Crippen LogP contribution is 2.23. The summed E-state index contributed by atoms with van der Waals surface area (Å²) in [5.74, 6) is 0.543. The highest BCUT2D eigenvalue weighted by molar-refractivity contribution is 5.95. The molecule has 0 aliphatic carbocycles. The Labute approximate surface area is 111 Å². The Hall–Kier alpha value is -1.89. The minimum absolute atomic E-state index is 0.0284. The largest absolute Gasteiger partial charge is 0.409 e. The lowest BCUT2D eigenvalue weighted by atomic mass is 10.0. The second-order valence-electron chi connectivity index (χ2n) is 4.58. The average Bonchev–Trinajstić information content (AvgIpc) is 2.47. The first-order valence-electron chi connectivity index (χ1n) is 6.44.